The molecule has 0 saturated carbocycles. The highest BCUT2D eigenvalue weighted by Crippen LogP contribution is 2.31. The van der Waals surface area contributed by atoms with Crippen molar-refractivity contribution in [1.29, 1.82) is 0 Å². The fraction of sp³-hybridized carbons (Fsp3) is 0. The molecule has 0 saturated heterocycles. The molecular weight excluding hydrogens is 405 g/mol. The summed E-state index contributed by atoms with van der Waals surface area (Å²) >= 11 is 0. The maximum absolute atomic E-state index is 13.2. The molecule has 0 fully saturated rings. The minimum absolute atomic E-state index is 0.216. The number of nitrogens with zero attached hydrogens (tertiary/aromatic N) is 1. The van der Waals surface area contributed by atoms with E-state index in [1.807, 2.05) is 24.4 Å². The van der Waals surface area contributed by atoms with Crippen molar-refractivity contribution in [1.82, 2.24) is 4.98 Å². The van der Waals surface area contributed by atoms with Crippen LogP contribution in [0.4, 0.5) is 4.39 Å². The van der Waals surface area contributed by atoms with Crippen LogP contribution in [-0.2, 0) is 0 Å². The molecule has 156 valence electrons. The predicted octanol–water partition coefficient (Wildman–Crippen LogP) is 8.53. The first-order valence-corrected chi connectivity index (χ1v) is 11.0. The molecule has 0 unspecified atom stereocenters. The smallest absolute Gasteiger partial charge is 0.123 e. The van der Waals surface area contributed by atoms with Crippen LogP contribution in [0.1, 0.15) is 0 Å². The van der Waals surface area contributed by atoms with E-state index in [0.29, 0.717) is 0 Å². The van der Waals surface area contributed by atoms with Crippen molar-refractivity contribution in [3.05, 3.63) is 127 Å². The van der Waals surface area contributed by atoms with Crippen LogP contribution >= 0.6 is 0 Å². The Bertz CT molecular complexity index is 1590. The van der Waals surface area contributed by atoms with Crippen LogP contribution in [0, 0.1) is 5.82 Å². The number of para-hydroxylation sites is 1. The van der Waals surface area contributed by atoms with E-state index in [1.165, 1.54) is 34.0 Å². The van der Waals surface area contributed by atoms with Gasteiger partial charge in [0, 0.05) is 17.1 Å². The average molecular weight is 426 g/mol. The minimum atomic E-state index is -0.216. The number of pyridine rings is 1. The summed E-state index contributed by atoms with van der Waals surface area (Å²) in [6.07, 6.45) is 1.84. The Hall–Kier alpha value is -4.30. The molecule has 0 radical (unpaired) electrons. The van der Waals surface area contributed by atoms with Crippen LogP contribution in [0.15, 0.2) is 121 Å². The summed E-state index contributed by atoms with van der Waals surface area (Å²) in [6, 6.07) is 38.6. The summed E-state index contributed by atoms with van der Waals surface area (Å²) in [4.78, 5) is 4.59. The van der Waals surface area contributed by atoms with Gasteiger partial charge in [-0.3, -0.25) is 4.98 Å². The van der Waals surface area contributed by atoms with Crippen LogP contribution in [0.25, 0.3) is 55.1 Å². The first kappa shape index (κ1) is 19.4. The second kappa shape index (κ2) is 7.99. The predicted molar refractivity (Wildman–Crippen MR) is 136 cm³/mol. The summed E-state index contributed by atoms with van der Waals surface area (Å²) in [7, 11) is 0. The van der Waals surface area contributed by atoms with E-state index in [9.17, 15) is 4.39 Å². The summed E-state index contributed by atoms with van der Waals surface area (Å²) in [5.74, 6) is -0.216. The van der Waals surface area contributed by atoms with Gasteiger partial charge in [0.1, 0.15) is 5.82 Å². The molecule has 0 bridgehead atoms. The Kier molecular flexibility index (Phi) is 4.70. The van der Waals surface area contributed by atoms with E-state index in [0.717, 1.165) is 33.2 Å². The average Bonchev–Trinajstić information content (AvgIpc) is 2.88. The zero-order valence-corrected chi connectivity index (χ0v) is 17.9. The largest absolute Gasteiger partial charge is 0.256 e. The van der Waals surface area contributed by atoms with E-state index in [1.54, 1.807) is 0 Å². The zero-order valence-electron chi connectivity index (χ0n) is 17.9. The highest BCUT2D eigenvalue weighted by molar-refractivity contribution is 5.94. The topological polar surface area (TPSA) is 12.9 Å². The number of hydrogen-bond donors (Lipinski definition) is 0. The number of rotatable bonds is 3. The Labute approximate surface area is 191 Å². The Morgan fingerprint density at radius 1 is 0.455 bits per heavy atom. The van der Waals surface area contributed by atoms with E-state index < -0.39 is 0 Å². The SMILES string of the molecule is Fc1ccc(-c2ccc3cc(-c4ccc(-c5cccc6cccnc56)cc4)ccc3c2)cc1. The molecule has 6 aromatic rings. The Morgan fingerprint density at radius 2 is 1.00 bits per heavy atom. The van der Waals surface area contributed by atoms with E-state index in [2.05, 4.69) is 89.9 Å². The summed E-state index contributed by atoms with van der Waals surface area (Å²) < 4.78 is 13.2. The van der Waals surface area contributed by atoms with Gasteiger partial charge in [0.25, 0.3) is 0 Å². The molecule has 5 aromatic carbocycles. The van der Waals surface area contributed by atoms with Gasteiger partial charge in [0.2, 0.25) is 0 Å². The van der Waals surface area contributed by atoms with E-state index in [-0.39, 0.29) is 5.82 Å². The van der Waals surface area contributed by atoms with Gasteiger partial charge < -0.3 is 0 Å². The Balaban J connectivity index is 1.33. The lowest BCUT2D eigenvalue weighted by molar-refractivity contribution is 0.628. The van der Waals surface area contributed by atoms with Crippen molar-refractivity contribution < 1.29 is 4.39 Å². The molecule has 0 amide bonds. The fourth-order valence-electron chi connectivity index (χ4n) is 4.43. The summed E-state index contributed by atoms with van der Waals surface area (Å²) in [5, 5.41) is 3.49. The van der Waals surface area contributed by atoms with Crippen molar-refractivity contribution in [2.24, 2.45) is 0 Å². The first-order valence-electron chi connectivity index (χ1n) is 11.0. The van der Waals surface area contributed by atoms with Crippen LogP contribution in [0.2, 0.25) is 0 Å². The molecule has 0 spiro atoms. The minimum Gasteiger partial charge on any atom is -0.256 e. The number of fused-ring (bicyclic) bond motifs is 2. The molecule has 0 aliphatic carbocycles. The third-order valence-corrected chi connectivity index (χ3v) is 6.18. The van der Waals surface area contributed by atoms with Crippen LogP contribution in [-0.4, -0.2) is 4.98 Å². The van der Waals surface area contributed by atoms with Gasteiger partial charge in [-0.15, -0.1) is 0 Å². The lowest BCUT2D eigenvalue weighted by Gasteiger charge is -2.09. The van der Waals surface area contributed by atoms with Crippen LogP contribution in [0.5, 0.6) is 0 Å². The number of halogens is 1. The van der Waals surface area contributed by atoms with E-state index >= 15 is 0 Å². The molecule has 1 aromatic heterocycles. The summed E-state index contributed by atoms with van der Waals surface area (Å²) in [5.41, 5.74) is 7.79. The third-order valence-electron chi connectivity index (χ3n) is 6.18. The van der Waals surface area contributed by atoms with Gasteiger partial charge in [0.05, 0.1) is 5.52 Å². The van der Waals surface area contributed by atoms with Crippen LogP contribution in [0.3, 0.4) is 0 Å². The lowest BCUT2D eigenvalue weighted by Crippen LogP contribution is -1.85. The molecule has 1 nitrogen and oxygen atoms in total. The second-order valence-corrected chi connectivity index (χ2v) is 8.24. The van der Waals surface area contributed by atoms with Gasteiger partial charge in [-0.1, -0.05) is 84.9 Å². The lowest BCUT2D eigenvalue weighted by atomic mass is 9.96. The molecule has 1 heterocycles. The maximum Gasteiger partial charge on any atom is 0.123 e. The highest BCUT2D eigenvalue weighted by atomic mass is 19.1. The third kappa shape index (κ3) is 3.66. The van der Waals surface area contributed by atoms with E-state index in [4.69, 9.17) is 0 Å². The molecule has 0 N–H and O–H groups in total. The van der Waals surface area contributed by atoms with Gasteiger partial charge in [-0.25, -0.2) is 4.39 Å². The highest BCUT2D eigenvalue weighted by Gasteiger charge is 2.07. The maximum atomic E-state index is 13.2. The van der Waals surface area contributed by atoms with Crippen LogP contribution < -0.4 is 0 Å². The van der Waals surface area contributed by atoms with Crippen molar-refractivity contribution >= 4 is 21.7 Å². The molecule has 0 aliphatic rings. The van der Waals surface area contributed by atoms with Gasteiger partial charge in [-0.2, -0.15) is 0 Å². The quantitative estimate of drug-likeness (QED) is 0.277. The number of benzene rings is 5. The standard InChI is InChI=1S/C31H20FN/c32-29-16-14-22(15-17-29)26-11-13-27-19-25(10-12-28(27)20-26)21-6-8-23(9-7-21)30-5-1-3-24-4-2-18-33-31(24)30/h1-20H. The first-order chi connectivity index (χ1) is 16.2. The van der Waals surface area contributed by atoms with Gasteiger partial charge in [-0.05, 0) is 68.9 Å². The van der Waals surface area contributed by atoms with Crippen molar-refractivity contribution in [2.45, 2.75) is 0 Å². The normalized spacial score (nSPS) is 11.2. The zero-order chi connectivity index (χ0) is 22.2. The number of aromatic nitrogens is 1. The van der Waals surface area contributed by atoms with Crippen molar-refractivity contribution in [2.75, 3.05) is 0 Å². The molecule has 0 aliphatic heterocycles. The number of hydrogen-bond acceptors (Lipinski definition) is 1. The monoisotopic (exact) mass is 425 g/mol. The molecular formula is C31H20FN. The molecule has 33 heavy (non-hydrogen) atoms. The fourth-order valence-corrected chi connectivity index (χ4v) is 4.43. The molecule has 6 rings (SSSR count). The van der Waals surface area contributed by atoms with Gasteiger partial charge in [0.15, 0.2) is 0 Å². The molecule has 2 heteroatoms. The summed E-state index contributed by atoms with van der Waals surface area (Å²) in [6.45, 7) is 0. The Morgan fingerprint density at radius 3 is 1.67 bits per heavy atom. The second-order valence-electron chi connectivity index (χ2n) is 8.24. The van der Waals surface area contributed by atoms with Gasteiger partial charge >= 0.3 is 0 Å². The molecule has 0 atom stereocenters. The van der Waals surface area contributed by atoms with Crippen molar-refractivity contribution in [3.63, 3.8) is 0 Å². The van der Waals surface area contributed by atoms with Crippen molar-refractivity contribution in [3.8, 4) is 33.4 Å².